The Hall–Kier alpha value is -2.21. The van der Waals surface area contributed by atoms with E-state index in [1.165, 1.54) is 0 Å². The van der Waals surface area contributed by atoms with Crippen LogP contribution in [-0.2, 0) is 11.3 Å². The molecule has 0 aliphatic rings. The zero-order valence-electron chi connectivity index (χ0n) is 13.2. The Labute approximate surface area is 129 Å². The molecule has 22 heavy (non-hydrogen) atoms. The molecule has 0 atom stereocenters. The topological polar surface area (TPSA) is 73.2 Å². The van der Waals surface area contributed by atoms with Gasteiger partial charge in [-0.25, -0.2) is 4.98 Å². The second-order valence-electron chi connectivity index (χ2n) is 5.05. The van der Waals surface area contributed by atoms with Gasteiger partial charge in [0, 0.05) is 32.4 Å². The molecule has 0 aliphatic carbocycles. The van der Waals surface area contributed by atoms with Crippen LogP contribution < -0.4 is 10.9 Å². The number of carbonyl (C=O) groups is 1. The Bertz CT molecular complexity index is 737. The first-order valence-corrected chi connectivity index (χ1v) is 7.36. The standard InChI is InChI=1S/C16H21N3O3/c1-4-19-14-7-6-12(15(20)17-8-5-9-22-3)10-13(14)18-11(2)16(19)21/h6-7,10H,4-5,8-9H2,1-3H3,(H,17,20). The molecule has 0 unspecified atom stereocenters. The van der Waals surface area contributed by atoms with E-state index in [2.05, 4.69) is 10.3 Å². The maximum absolute atomic E-state index is 12.1. The first-order chi connectivity index (χ1) is 10.6. The average molecular weight is 303 g/mol. The van der Waals surface area contributed by atoms with E-state index >= 15 is 0 Å². The summed E-state index contributed by atoms with van der Waals surface area (Å²) in [6.07, 6.45) is 0.766. The van der Waals surface area contributed by atoms with Crippen molar-refractivity contribution in [2.45, 2.75) is 26.8 Å². The van der Waals surface area contributed by atoms with Crippen LogP contribution >= 0.6 is 0 Å². The summed E-state index contributed by atoms with van der Waals surface area (Å²) in [5.74, 6) is -0.147. The van der Waals surface area contributed by atoms with Crippen molar-refractivity contribution in [2.75, 3.05) is 20.3 Å². The molecule has 6 nitrogen and oxygen atoms in total. The van der Waals surface area contributed by atoms with E-state index in [0.717, 1.165) is 11.9 Å². The number of aromatic nitrogens is 2. The lowest BCUT2D eigenvalue weighted by Crippen LogP contribution is -2.26. The van der Waals surface area contributed by atoms with Gasteiger partial charge in [-0.05, 0) is 38.5 Å². The zero-order chi connectivity index (χ0) is 16.1. The van der Waals surface area contributed by atoms with Crippen molar-refractivity contribution in [1.82, 2.24) is 14.9 Å². The van der Waals surface area contributed by atoms with Crippen molar-refractivity contribution in [3.63, 3.8) is 0 Å². The van der Waals surface area contributed by atoms with Gasteiger partial charge in [0.15, 0.2) is 0 Å². The largest absolute Gasteiger partial charge is 0.385 e. The lowest BCUT2D eigenvalue weighted by atomic mass is 10.1. The molecule has 0 bridgehead atoms. The van der Waals surface area contributed by atoms with E-state index in [-0.39, 0.29) is 11.5 Å². The van der Waals surface area contributed by atoms with Gasteiger partial charge in [0.25, 0.3) is 11.5 Å². The lowest BCUT2D eigenvalue weighted by Gasteiger charge is -2.10. The maximum atomic E-state index is 12.1. The van der Waals surface area contributed by atoms with Crippen molar-refractivity contribution in [3.8, 4) is 0 Å². The first kappa shape index (κ1) is 16.2. The van der Waals surface area contributed by atoms with E-state index < -0.39 is 0 Å². The Balaban J connectivity index is 2.29. The van der Waals surface area contributed by atoms with Gasteiger partial charge in [-0.15, -0.1) is 0 Å². The highest BCUT2D eigenvalue weighted by molar-refractivity contribution is 5.97. The highest BCUT2D eigenvalue weighted by Crippen LogP contribution is 2.13. The van der Waals surface area contributed by atoms with Gasteiger partial charge < -0.3 is 14.6 Å². The number of benzene rings is 1. The van der Waals surface area contributed by atoms with Crippen LogP contribution in [0.2, 0.25) is 0 Å². The second kappa shape index (κ2) is 7.17. The summed E-state index contributed by atoms with van der Waals surface area (Å²) in [4.78, 5) is 28.5. The summed E-state index contributed by atoms with van der Waals surface area (Å²) in [6.45, 7) is 5.34. The lowest BCUT2D eigenvalue weighted by molar-refractivity contribution is 0.0948. The molecule has 0 saturated heterocycles. The highest BCUT2D eigenvalue weighted by atomic mass is 16.5. The summed E-state index contributed by atoms with van der Waals surface area (Å²) >= 11 is 0. The molecule has 1 N–H and O–H groups in total. The fraction of sp³-hybridized carbons (Fsp3) is 0.438. The molecule has 1 aromatic heterocycles. The first-order valence-electron chi connectivity index (χ1n) is 7.36. The molecular weight excluding hydrogens is 282 g/mol. The highest BCUT2D eigenvalue weighted by Gasteiger charge is 2.10. The summed E-state index contributed by atoms with van der Waals surface area (Å²) in [6, 6.07) is 5.22. The van der Waals surface area contributed by atoms with Crippen LogP contribution in [0.3, 0.4) is 0 Å². The fourth-order valence-electron chi connectivity index (χ4n) is 2.35. The monoisotopic (exact) mass is 303 g/mol. The predicted octanol–water partition coefficient (Wildman–Crippen LogP) is 1.49. The van der Waals surface area contributed by atoms with Gasteiger partial charge in [-0.2, -0.15) is 0 Å². The Morgan fingerprint density at radius 2 is 2.18 bits per heavy atom. The van der Waals surface area contributed by atoms with Gasteiger partial charge in [-0.3, -0.25) is 9.59 Å². The second-order valence-corrected chi connectivity index (χ2v) is 5.05. The molecular formula is C16H21N3O3. The molecule has 0 fully saturated rings. The molecule has 1 amide bonds. The van der Waals surface area contributed by atoms with Crippen molar-refractivity contribution in [2.24, 2.45) is 0 Å². The molecule has 0 spiro atoms. The molecule has 118 valence electrons. The average Bonchev–Trinajstić information content (AvgIpc) is 2.52. The quantitative estimate of drug-likeness (QED) is 0.821. The van der Waals surface area contributed by atoms with Crippen molar-refractivity contribution in [3.05, 3.63) is 39.8 Å². The molecule has 2 aromatic rings. The molecule has 0 aliphatic heterocycles. The third kappa shape index (κ3) is 3.33. The number of nitrogens with one attached hydrogen (secondary N) is 1. The van der Waals surface area contributed by atoms with Gasteiger partial charge >= 0.3 is 0 Å². The smallest absolute Gasteiger partial charge is 0.272 e. The summed E-state index contributed by atoms with van der Waals surface area (Å²) in [5.41, 5.74) is 2.29. The van der Waals surface area contributed by atoms with Crippen LogP contribution in [0.4, 0.5) is 0 Å². The Morgan fingerprint density at radius 1 is 1.41 bits per heavy atom. The van der Waals surface area contributed by atoms with E-state index in [0.29, 0.717) is 36.5 Å². The zero-order valence-corrected chi connectivity index (χ0v) is 13.2. The van der Waals surface area contributed by atoms with E-state index in [9.17, 15) is 9.59 Å². The van der Waals surface area contributed by atoms with Crippen molar-refractivity contribution in [1.29, 1.82) is 0 Å². The molecule has 0 saturated carbocycles. The minimum Gasteiger partial charge on any atom is -0.385 e. The number of carbonyl (C=O) groups excluding carboxylic acids is 1. The number of amides is 1. The fourth-order valence-corrected chi connectivity index (χ4v) is 2.35. The minimum atomic E-state index is -0.147. The van der Waals surface area contributed by atoms with E-state index in [1.54, 1.807) is 36.8 Å². The van der Waals surface area contributed by atoms with Crippen LogP contribution in [0.15, 0.2) is 23.0 Å². The third-order valence-electron chi connectivity index (χ3n) is 3.50. The van der Waals surface area contributed by atoms with Gasteiger partial charge in [0.05, 0.1) is 11.0 Å². The van der Waals surface area contributed by atoms with Crippen LogP contribution in [0.1, 0.15) is 29.4 Å². The normalized spacial score (nSPS) is 10.9. The Kier molecular flexibility index (Phi) is 5.27. The van der Waals surface area contributed by atoms with Gasteiger partial charge in [-0.1, -0.05) is 0 Å². The van der Waals surface area contributed by atoms with Crippen molar-refractivity contribution >= 4 is 16.9 Å². The number of rotatable bonds is 6. The summed E-state index contributed by atoms with van der Waals surface area (Å²) in [5, 5.41) is 2.84. The third-order valence-corrected chi connectivity index (χ3v) is 3.50. The van der Waals surface area contributed by atoms with Crippen LogP contribution in [0, 0.1) is 6.92 Å². The van der Waals surface area contributed by atoms with Crippen LogP contribution in [0.5, 0.6) is 0 Å². The minimum absolute atomic E-state index is 0.0910. The Morgan fingerprint density at radius 3 is 2.86 bits per heavy atom. The number of aryl methyl sites for hydroxylation is 2. The number of fused-ring (bicyclic) bond motifs is 1. The maximum Gasteiger partial charge on any atom is 0.272 e. The SMILES string of the molecule is CCn1c(=O)c(C)nc2cc(C(=O)NCCCOC)ccc21. The van der Waals surface area contributed by atoms with Gasteiger partial charge in [0.2, 0.25) is 0 Å². The van der Waals surface area contributed by atoms with Crippen LogP contribution in [-0.4, -0.2) is 35.7 Å². The number of methoxy groups -OCH3 is 1. The van der Waals surface area contributed by atoms with E-state index in [4.69, 9.17) is 4.74 Å². The van der Waals surface area contributed by atoms with Gasteiger partial charge in [0.1, 0.15) is 5.69 Å². The molecule has 6 heteroatoms. The number of nitrogens with zero attached hydrogens (tertiary/aromatic N) is 2. The molecule has 0 radical (unpaired) electrons. The number of ether oxygens (including phenoxy) is 1. The van der Waals surface area contributed by atoms with Crippen molar-refractivity contribution < 1.29 is 9.53 Å². The molecule has 1 heterocycles. The predicted molar refractivity (Wildman–Crippen MR) is 85.2 cm³/mol. The van der Waals surface area contributed by atoms with E-state index in [1.807, 2.05) is 6.92 Å². The molecule has 1 aromatic carbocycles. The summed E-state index contributed by atoms with van der Waals surface area (Å²) in [7, 11) is 1.63. The number of hydrogen-bond donors (Lipinski definition) is 1. The number of hydrogen-bond acceptors (Lipinski definition) is 4. The summed E-state index contributed by atoms with van der Waals surface area (Å²) < 4.78 is 6.61. The molecule has 2 rings (SSSR count). The van der Waals surface area contributed by atoms with Crippen LogP contribution in [0.25, 0.3) is 11.0 Å².